The fourth-order valence-electron chi connectivity index (χ4n) is 5.09. The number of fused-ring (bicyclic) bond motifs is 1. The van der Waals surface area contributed by atoms with Crippen LogP contribution in [-0.4, -0.2) is 55.4 Å². The van der Waals surface area contributed by atoms with Gasteiger partial charge in [-0.25, -0.2) is 4.31 Å². The number of benzene rings is 3. The Balaban J connectivity index is 0.00000164. The number of aliphatic hydroxyl groups is 1. The minimum absolute atomic E-state index is 0.148. The summed E-state index contributed by atoms with van der Waals surface area (Å²) in [7, 11) is 1.00. The number of aliphatic hydroxyl groups excluding tert-OH is 1. The third kappa shape index (κ3) is 6.52. The molecule has 1 unspecified atom stereocenters. The van der Waals surface area contributed by atoms with Crippen LogP contribution in [0.5, 0.6) is 17.2 Å². The second-order valence-electron chi connectivity index (χ2n) is 9.74. The van der Waals surface area contributed by atoms with Gasteiger partial charge in [-0.05, 0) is 72.2 Å². The Kier molecular flexibility index (Phi) is 9.72. The van der Waals surface area contributed by atoms with Crippen LogP contribution in [0.25, 0.3) is 11.1 Å². The molecule has 0 saturated carbocycles. The van der Waals surface area contributed by atoms with Crippen LogP contribution in [0.4, 0.5) is 0 Å². The van der Waals surface area contributed by atoms with Gasteiger partial charge in [-0.1, -0.05) is 36.2 Å². The maximum Gasteiger partial charge on any atom is 0.126 e. The lowest BCUT2D eigenvalue weighted by atomic mass is 9.94. The standard InChI is InChI=1S/C30H33NO4S.CH4O/c1-20-11-27(34-18-23-15-31(16-23)36-3)12-21(2)30(20)24-6-4-5-22(13-24)17-33-26-7-8-28-25(9-10-32)19-35-29(28)14-26;1-2/h4-8,10-14,23,25H,9,15-19H2,1-3H3;2H,1H3. The van der Waals surface area contributed by atoms with Crippen LogP contribution in [0.2, 0.25) is 0 Å². The van der Waals surface area contributed by atoms with Crippen molar-refractivity contribution in [3.63, 3.8) is 0 Å². The van der Waals surface area contributed by atoms with E-state index < -0.39 is 0 Å². The summed E-state index contributed by atoms with van der Waals surface area (Å²) in [6.07, 6.45) is 3.57. The molecule has 0 radical (unpaired) electrons. The van der Waals surface area contributed by atoms with E-state index in [1.807, 2.05) is 18.2 Å². The first-order chi connectivity index (χ1) is 18.5. The van der Waals surface area contributed by atoms with Crippen molar-refractivity contribution < 1.29 is 24.1 Å². The van der Waals surface area contributed by atoms with Gasteiger partial charge in [0.15, 0.2) is 0 Å². The Morgan fingerprint density at radius 3 is 2.50 bits per heavy atom. The molecule has 2 heterocycles. The zero-order valence-electron chi connectivity index (χ0n) is 22.6. The molecule has 2 aliphatic rings. The van der Waals surface area contributed by atoms with Gasteiger partial charge in [0.1, 0.15) is 30.1 Å². The number of hydrogen-bond acceptors (Lipinski definition) is 7. The second kappa shape index (κ2) is 13.2. The number of ether oxygens (including phenoxy) is 3. The van der Waals surface area contributed by atoms with E-state index in [0.717, 1.165) is 61.5 Å². The van der Waals surface area contributed by atoms with Gasteiger partial charge >= 0.3 is 0 Å². The van der Waals surface area contributed by atoms with E-state index >= 15 is 0 Å². The van der Waals surface area contributed by atoms with Gasteiger partial charge in [-0.15, -0.1) is 0 Å². The van der Waals surface area contributed by atoms with Crippen molar-refractivity contribution in [1.82, 2.24) is 4.31 Å². The predicted molar refractivity (Wildman–Crippen MR) is 153 cm³/mol. The predicted octanol–water partition coefficient (Wildman–Crippen LogP) is 5.81. The van der Waals surface area contributed by atoms with Crippen molar-refractivity contribution in [2.45, 2.75) is 32.8 Å². The Morgan fingerprint density at radius 1 is 1.03 bits per heavy atom. The number of aldehydes is 1. The first-order valence-corrected chi connectivity index (χ1v) is 14.1. The van der Waals surface area contributed by atoms with Gasteiger partial charge in [-0.2, -0.15) is 0 Å². The van der Waals surface area contributed by atoms with E-state index in [1.54, 1.807) is 11.9 Å². The molecule has 3 aromatic rings. The molecule has 38 heavy (non-hydrogen) atoms. The molecule has 0 aromatic heterocycles. The lowest BCUT2D eigenvalue weighted by Gasteiger charge is -2.36. The quantitative estimate of drug-likeness (QED) is 0.259. The Labute approximate surface area is 230 Å². The van der Waals surface area contributed by atoms with Gasteiger partial charge in [0.25, 0.3) is 0 Å². The molecule has 0 spiro atoms. The number of hydrogen-bond donors (Lipinski definition) is 1. The summed E-state index contributed by atoms with van der Waals surface area (Å²) in [6.45, 7) is 8.31. The lowest BCUT2D eigenvalue weighted by Crippen LogP contribution is -2.44. The third-order valence-corrected chi connectivity index (χ3v) is 7.86. The highest BCUT2D eigenvalue weighted by Crippen LogP contribution is 2.38. The fourth-order valence-corrected chi connectivity index (χ4v) is 5.81. The third-order valence-electron chi connectivity index (χ3n) is 7.04. The van der Waals surface area contributed by atoms with E-state index in [1.165, 1.54) is 22.3 Å². The van der Waals surface area contributed by atoms with Crippen molar-refractivity contribution in [1.29, 1.82) is 0 Å². The highest BCUT2D eigenvalue weighted by molar-refractivity contribution is 7.96. The van der Waals surface area contributed by atoms with Crippen molar-refractivity contribution in [3.05, 3.63) is 76.9 Å². The van der Waals surface area contributed by atoms with E-state index in [-0.39, 0.29) is 5.92 Å². The molecule has 0 amide bonds. The molecular weight excluding hydrogens is 498 g/mol. The zero-order chi connectivity index (χ0) is 27.1. The summed E-state index contributed by atoms with van der Waals surface area (Å²) in [5.41, 5.74) is 7.04. The highest BCUT2D eigenvalue weighted by Gasteiger charge is 2.27. The Bertz CT molecular complexity index is 1220. The van der Waals surface area contributed by atoms with Crippen LogP contribution < -0.4 is 14.2 Å². The van der Waals surface area contributed by atoms with Crippen molar-refractivity contribution >= 4 is 18.2 Å². The largest absolute Gasteiger partial charge is 0.493 e. The smallest absolute Gasteiger partial charge is 0.126 e. The fraction of sp³-hybridized carbons (Fsp3) is 0.387. The molecule has 1 N–H and O–H groups in total. The SMILES string of the molecule is CO.CSN1CC(COc2cc(C)c(-c3cccc(COc4ccc5c(c4)OCC5CC=O)c3)c(C)c2)C1. The molecule has 0 bridgehead atoms. The molecule has 1 saturated heterocycles. The van der Waals surface area contributed by atoms with Crippen molar-refractivity contribution in [3.8, 4) is 28.4 Å². The number of carbonyl (C=O) groups excluding carboxylic acids is 1. The summed E-state index contributed by atoms with van der Waals surface area (Å²) in [6, 6.07) is 18.7. The monoisotopic (exact) mass is 535 g/mol. The lowest BCUT2D eigenvalue weighted by molar-refractivity contribution is -0.108. The number of nitrogens with zero attached hydrogens (tertiary/aromatic N) is 1. The normalized spacial score (nSPS) is 16.5. The summed E-state index contributed by atoms with van der Waals surface area (Å²) < 4.78 is 20.4. The van der Waals surface area contributed by atoms with Crippen LogP contribution in [0.3, 0.4) is 0 Å². The van der Waals surface area contributed by atoms with Crippen LogP contribution in [0.15, 0.2) is 54.6 Å². The van der Waals surface area contributed by atoms with Gasteiger partial charge in [0, 0.05) is 50.1 Å². The average molecular weight is 536 g/mol. The first kappa shape index (κ1) is 28.0. The molecule has 1 fully saturated rings. The summed E-state index contributed by atoms with van der Waals surface area (Å²) >= 11 is 1.80. The van der Waals surface area contributed by atoms with E-state index in [4.69, 9.17) is 19.3 Å². The molecule has 5 rings (SSSR count). The van der Waals surface area contributed by atoms with Gasteiger partial charge < -0.3 is 24.1 Å². The molecule has 2 aliphatic heterocycles. The van der Waals surface area contributed by atoms with Crippen LogP contribution in [-0.2, 0) is 11.4 Å². The number of aryl methyl sites for hydroxylation is 2. The maximum atomic E-state index is 10.9. The molecule has 0 aliphatic carbocycles. The average Bonchev–Trinajstić information content (AvgIpc) is 3.30. The minimum atomic E-state index is 0.148. The minimum Gasteiger partial charge on any atom is -0.493 e. The van der Waals surface area contributed by atoms with E-state index in [2.05, 4.69) is 60.8 Å². The van der Waals surface area contributed by atoms with E-state index in [0.29, 0.717) is 25.6 Å². The van der Waals surface area contributed by atoms with Gasteiger partial charge in [0.05, 0.1) is 13.2 Å². The second-order valence-corrected chi connectivity index (χ2v) is 10.6. The highest BCUT2D eigenvalue weighted by atomic mass is 32.2. The molecule has 1 atom stereocenters. The van der Waals surface area contributed by atoms with Crippen molar-refractivity contribution in [2.24, 2.45) is 5.92 Å². The summed E-state index contributed by atoms with van der Waals surface area (Å²) in [4.78, 5) is 10.9. The Morgan fingerprint density at radius 2 is 1.79 bits per heavy atom. The van der Waals surface area contributed by atoms with Crippen LogP contribution in [0.1, 0.15) is 34.6 Å². The number of rotatable bonds is 10. The summed E-state index contributed by atoms with van der Waals surface area (Å²) in [5, 5.41) is 7.00. The Hall–Kier alpha value is -3.00. The van der Waals surface area contributed by atoms with Gasteiger partial charge in [0.2, 0.25) is 0 Å². The summed E-state index contributed by atoms with van der Waals surface area (Å²) in [5.74, 6) is 3.30. The van der Waals surface area contributed by atoms with Crippen LogP contribution in [0, 0.1) is 19.8 Å². The van der Waals surface area contributed by atoms with Crippen molar-refractivity contribution in [2.75, 3.05) is 39.7 Å². The maximum absolute atomic E-state index is 10.9. The molecule has 3 aromatic carbocycles. The topological polar surface area (TPSA) is 68.2 Å². The van der Waals surface area contributed by atoms with E-state index in [9.17, 15) is 4.79 Å². The van der Waals surface area contributed by atoms with Gasteiger partial charge in [-0.3, -0.25) is 0 Å². The van der Waals surface area contributed by atoms with Crippen LogP contribution >= 0.6 is 11.9 Å². The molecule has 202 valence electrons. The first-order valence-electron chi connectivity index (χ1n) is 12.9. The molecule has 7 heteroatoms. The molecule has 6 nitrogen and oxygen atoms in total. The zero-order valence-corrected chi connectivity index (χ0v) is 23.4. The number of carbonyl (C=O) groups is 1. The molecular formula is C31H37NO5S.